The summed E-state index contributed by atoms with van der Waals surface area (Å²) in [5, 5.41) is 0. The summed E-state index contributed by atoms with van der Waals surface area (Å²) in [5.41, 5.74) is 5.29. The lowest BCUT2D eigenvalue weighted by Crippen LogP contribution is -1.91. The third-order valence-electron chi connectivity index (χ3n) is 3.14. The average molecular weight is 253 g/mol. The highest BCUT2D eigenvalue weighted by atomic mass is 16.5. The largest absolute Gasteiger partial charge is 0.480 e. The van der Waals surface area contributed by atoms with Crippen LogP contribution in [0.3, 0.4) is 0 Å². The van der Waals surface area contributed by atoms with Crippen LogP contribution in [-0.4, -0.2) is 22.1 Å². The van der Waals surface area contributed by atoms with Gasteiger partial charge in [0.1, 0.15) is 5.82 Å². The topological polar surface area (TPSA) is 50.8 Å². The molecule has 3 aromatic rings. The summed E-state index contributed by atoms with van der Waals surface area (Å²) in [5.74, 6) is 1.37. The molecule has 1 N–H and O–H groups in total. The summed E-state index contributed by atoms with van der Waals surface area (Å²) in [6, 6.07) is 8.06. The molecule has 0 atom stereocenters. The highest BCUT2D eigenvalue weighted by Gasteiger charge is 2.12. The van der Waals surface area contributed by atoms with Crippen molar-refractivity contribution in [2.24, 2.45) is 0 Å². The number of fused-ring (bicyclic) bond motifs is 1. The molecular weight excluding hydrogens is 238 g/mol. The first-order valence-corrected chi connectivity index (χ1v) is 6.15. The number of nitrogens with zero attached hydrogens (tertiary/aromatic N) is 2. The molecular formula is C15H15N3O. The standard InChI is InChI=1S/C15H15N3O/c1-9-7-10(2)13-12(8-9)17-14(18-13)11-5-4-6-16-15(11)19-3/h4-8H,1-3H3,(H,17,18). The van der Waals surface area contributed by atoms with Gasteiger partial charge in [-0.05, 0) is 43.2 Å². The molecule has 0 radical (unpaired) electrons. The normalized spacial score (nSPS) is 10.9. The average Bonchev–Trinajstić information content (AvgIpc) is 2.82. The highest BCUT2D eigenvalue weighted by Crippen LogP contribution is 2.28. The molecule has 19 heavy (non-hydrogen) atoms. The Hall–Kier alpha value is -2.36. The van der Waals surface area contributed by atoms with Crippen LogP contribution in [-0.2, 0) is 0 Å². The van der Waals surface area contributed by atoms with Crippen LogP contribution in [0.25, 0.3) is 22.4 Å². The Bertz CT molecular complexity index is 746. The van der Waals surface area contributed by atoms with E-state index in [1.807, 2.05) is 12.1 Å². The van der Waals surface area contributed by atoms with E-state index in [1.54, 1.807) is 13.3 Å². The Balaban J connectivity index is 2.23. The first-order chi connectivity index (χ1) is 9.19. The molecule has 4 heteroatoms. The van der Waals surface area contributed by atoms with E-state index in [4.69, 9.17) is 4.74 Å². The van der Waals surface area contributed by atoms with Crippen LogP contribution in [0.4, 0.5) is 0 Å². The molecule has 0 aliphatic heterocycles. The van der Waals surface area contributed by atoms with Crippen LogP contribution in [0.15, 0.2) is 30.5 Å². The lowest BCUT2D eigenvalue weighted by molar-refractivity contribution is 0.399. The lowest BCUT2D eigenvalue weighted by atomic mass is 10.1. The van der Waals surface area contributed by atoms with Crippen LogP contribution in [0.1, 0.15) is 11.1 Å². The van der Waals surface area contributed by atoms with Crippen molar-refractivity contribution in [1.82, 2.24) is 15.0 Å². The Morgan fingerprint density at radius 1 is 1.21 bits per heavy atom. The van der Waals surface area contributed by atoms with Crippen LogP contribution < -0.4 is 4.74 Å². The molecule has 3 rings (SSSR count). The maximum atomic E-state index is 5.28. The van der Waals surface area contributed by atoms with E-state index in [2.05, 4.69) is 40.9 Å². The second kappa shape index (κ2) is 4.39. The van der Waals surface area contributed by atoms with E-state index in [0.717, 1.165) is 22.4 Å². The van der Waals surface area contributed by atoms with E-state index in [-0.39, 0.29) is 0 Å². The number of imidazole rings is 1. The van der Waals surface area contributed by atoms with Gasteiger partial charge in [0.25, 0.3) is 0 Å². The zero-order valence-electron chi connectivity index (χ0n) is 11.2. The second-order valence-corrected chi connectivity index (χ2v) is 4.62. The predicted octanol–water partition coefficient (Wildman–Crippen LogP) is 3.25. The SMILES string of the molecule is COc1ncccc1-c1nc2c(C)cc(C)cc2[nH]1. The third kappa shape index (κ3) is 1.95. The van der Waals surface area contributed by atoms with Gasteiger partial charge in [0.05, 0.1) is 23.7 Å². The Kier molecular flexibility index (Phi) is 2.71. The Morgan fingerprint density at radius 2 is 2.05 bits per heavy atom. The molecule has 96 valence electrons. The molecule has 0 aliphatic rings. The number of aryl methyl sites for hydroxylation is 2. The molecule has 0 saturated carbocycles. The molecule has 0 bridgehead atoms. The van der Waals surface area contributed by atoms with Crippen molar-refractivity contribution >= 4 is 11.0 Å². The lowest BCUT2D eigenvalue weighted by Gasteiger charge is -2.03. The van der Waals surface area contributed by atoms with Crippen molar-refractivity contribution in [3.63, 3.8) is 0 Å². The fourth-order valence-electron chi connectivity index (χ4n) is 2.33. The third-order valence-corrected chi connectivity index (χ3v) is 3.14. The number of benzene rings is 1. The maximum absolute atomic E-state index is 5.28. The summed E-state index contributed by atoms with van der Waals surface area (Å²) in [7, 11) is 1.61. The summed E-state index contributed by atoms with van der Waals surface area (Å²) >= 11 is 0. The number of pyridine rings is 1. The number of aromatic amines is 1. The molecule has 0 unspecified atom stereocenters. The molecule has 2 heterocycles. The maximum Gasteiger partial charge on any atom is 0.224 e. The number of H-pyrrole nitrogens is 1. The van der Waals surface area contributed by atoms with Gasteiger partial charge in [0, 0.05) is 6.20 Å². The van der Waals surface area contributed by atoms with Crippen LogP contribution in [0.2, 0.25) is 0 Å². The Morgan fingerprint density at radius 3 is 2.84 bits per heavy atom. The number of ether oxygens (including phenoxy) is 1. The molecule has 0 saturated heterocycles. The van der Waals surface area contributed by atoms with Crippen LogP contribution in [0.5, 0.6) is 5.88 Å². The van der Waals surface area contributed by atoms with Crippen LogP contribution >= 0.6 is 0 Å². The van der Waals surface area contributed by atoms with Gasteiger partial charge in [0.15, 0.2) is 0 Å². The van der Waals surface area contributed by atoms with E-state index >= 15 is 0 Å². The minimum absolute atomic E-state index is 0.580. The Labute approximate surface area is 111 Å². The summed E-state index contributed by atoms with van der Waals surface area (Å²) < 4.78 is 5.28. The number of nitrogens with one attached hydrogen (secondary N) is 1. The first-order valence-electron chi connectivity index (χ1n) is 6.15. The minimum Gasteiger partial charge on any atom is -0.480 e. The molecule has 1 aromatic carbocycles. The summed E-state index contributed by atoms with van der Waals surface area (Å²) in [6.45, 7) is 4.15. The van der Waals surface area contributed by atoms with Crippen molar-refractivity contribution in [3.05, 3.63) is 41.6 Å². The predicted molar refractivity (Wildman–Crippen MR) is 75.4 cm³/mol. The van der Waals surface area contributed by atoms with E-state index < -0.39 is 0 Å². The van der Waals surface area contributed by atoms with Crippen molar-refractivity contribution in [2.45, 2.75) is 13.8 Å². The quantitative estimate of drug-likeness (QED) is 0.762. The smallest absolute Gasteiger partial charge is 0.224 e. The van der Waals surface area contributed by atoms with Crippen LogP contribution in [0, 0.1) is 13.8 Å². The minimum atomic E-state index is 0.580. The van der Waals surface area contributed by atoms with Gasteiger partial charge in [0.2, 0.25) is 5.88 Å². The molecule has 0 spiro atoms. The first kappa shape index (κ1) is 11.7. The fourth-order valence-corrected chi connectivity index (χ4v) is 2.33. The number of hydrogen-bond donors (Lipinski definition) is 1. The van der Waals surface area contributed by atoms with Gasteiger partial charge in [-0.15, -0.1) is 0 Å². The van der Waals surface area contributed by atoms with Gasteiger partial charge >= 0.3 is 0 Å². The number of methoxy groups -OCH3 is 1. The monoisotopic (exact) mass is 253 g/mol. The molecule has 4 nitrogen and oxygen atoms in total. The van der Waals surface area contributed by atoms with Gasteiger partial charge in [-0.3, -0.25) is 0 Å². The van der Waals surface area contributed by atoms with Crippen molar-refractivity contribution < 1.29 is 4.74 Å². The number of hydrogen-bond acceptors (Lipinski definition) is 3. The zero-order chi connectivity index (χ0) is 13.4. The van der Waals surface area contributed by atoms with E-state index in [0.29, 0.717) is 5.88 Å². The highest BCUT2D eigenvalue weighted by molar-refractivity contribution is 5.83. The van der Waals surface area contributed by atoms with E-state index in [1.165, 1.54) is 11.1 Å². The van der Waals surface area contributed by atoms with Gasteiger partial charge in [-0.25, -0.2) is 9.97 Å². The van der Waals surface area contributed by atoms with Gasteiger partial charge in [-0.2, -0.15) is 0 Å². The number of rotatable bonds is 2. The molecule has 0 fully saturated rings. The molecule has 0 aliphatic carbocycles. The summed E-state index contributed by atoms with van der Waals surface area (Å²) in [6.07, 6.45) is 1.71. The zero-order valence-corrected chi connectivity index (χ0v) is 11.2. The second-order valence-electron chi connectivity index (χ2n) is 4.62. The van der Waals surface area contributed by atoms with Gasteiger partial charge in [-0.1, -0.05) is 6.07 Å². The fraction of sp³-hybridized carbons (Fsp3) is 0.200. The van der Waals surface area contributed by atoms with Crippen molar-refractivity contribution in [1.29, 1.82) is 0 Å². The molecule has 2 aromatic heterocycles. The van der Waals surface area contributed by atoms with Gasteiger partial charge < -0.3 is 9.72 Å². The summed E-state index contributed by atoms with van der Waals surface area (Å²) in [4.78, 5) is 12.2. The van der Waals surface area contributed by atoms with Crippen molar-refractivity contribution in [2.75, 3.05) is 7.11 Å². The number of aromatic nitrogens is 3. The molecule has 0 amide bonds. The van der Waals surface area contributed by atoms with Crippen molar-refractivity contribution in [3.8, 4) is 17.3 Å². The van der Waals surface area contributed by atoms with E-state index in [9.17, 15) is 0 Å².